The highest BCUT2D eigenvalue weighted by Gasteiger charge is 2.66. The lowest BCUT2D eigenvalue weighted by molar-refractivity contribution is -0.150. The van der Waals surface area contributed by atoms with Crippen LogP contribution in [-0.4, -0.2) is 66.6 Å². The third-order valence-electron chi connectivity index (χ3n) is 10.6. The summed E-state index contributed by atoms with van der Waals surface area (Å²) in [6, 6.07) is 23.3. The summed E-state index contributed by atoms with van der Waals surface area (Å²) < 4.78 is 7.73. The average molecular weight is 763 g/mol. The molecule has 0 aromatic heterocycles. The van der Waals surface area contributed by atoms with Crippen LogP contribution in [-0.2, 0) is 37.8 Å². The molecule has 6 rings (SSSR count). The number of halogens is 1. The minimum absolute atomic E-state index is 0.0247. The first-order valence-corrected chi connectivity index (χ1v) is 21.6. The van der Waals surface area contributed by atoms with E-state index < -0.39 is 31.5 Å². The quantitative estimate of drug-likeness (QED) is 0.228. The van der Waals surface area contributed by atoms with Crippen LogP contribution in [0.5, 0.6) is 0 Å². The number of amides is 3. The number of nitrogens with zero attached hydrogens (tertiary/aromatic N) is 3. The van der Waals surface area contributed by atoms with Crippen molar-refractivity contribution >= 4 is 53.3 Å². The number of aliphatic hydroxyl groups is 1. The van der Waals surface area contributed by atoms with E-state index in [-0.39, 0.29) is 43.8 Å². The van der Waals surface area contributed by atoms with Crippen LogP contribution in [0.25, 0.3) is 0 Å². The van der Waals surface area contributed by atoms with E-state index in [1.54, 1.807) is 9.80 Å². The normalized spacial score (nSPS) is 24.0. The van der Waals surface area contributed by atoms with Crippen LogP contribution >= 0.6 is 15.9 Å². The molecule has 2 saturated heterocycles. The van der Waals surface area contributed by atoms with Gasteiger partial charge in [-0.05, 0) is 67.4 Å². The summed E-state index contributed by atoms with van der Waals surface area (Å²) in [5, 5.41) is 9.83. The Morgan fingerprint density at radius 1 is 1.00 bits per heavy atom. The van der Waals surface area contributed by atoms with Gasteiger partial charge >= 0.3 is 0 Å². The Hall–Kier alpha value is -3.35. The number of benzene rings is 3. The molecule has 3 aliphatic rings. The molecule has 2 fully saturated rings. The number of carbonyl (C=O) groups excluding carboxylic acids is 3. The van der Waals surface area contributed by atoms with Gasteiger partial charge in [0.1, 0.15) is 0 Å². The molecule has 3 heterocycles. The summed E-state index contributed by atoms with van der Waals surface area (Å²) in [7, 11) is -3.00. The Labute approximate surface area is 304 Å². The molecule has 2 N–H and O–H groups in total. The summed E-state index contributed by atoms with van der Waals surface area (Å²) in [4.78, 5) is 58.9. The zero-order valence-electron chi connectivity index (χ0n) is 29.2. The summed E-state index contributed by atoms with van der Waals surface area (Å²) in [6.45, 7) is 6.93. The van der Waals surface area contributed by atoms with Crippen LogP contribution in [0, 0.1) is 5.92 Å². The highest BCUT2D eigenvalue weighted by atomic mass is 79.9. The maximum Gasteiger partial charge on any atom is 0.264 e. The van der Waals surface area contributed by atoms with Crippen molar-refractivity contribution < 1.29 is 29.0 Å². The van der Waals surface area contributed by atoms with E-state index in [2.05, 4.69) is 15.9 Å². The van der Waals surface area contributed by atoms with Gasteiger partial charge in [-0.3, -0.25) is 14.4 Å². The highest BCUT2D eigenvalue weighted by molar-refractivity contribution is 9.10. The summed E-state index contributed by atoms with van der Waals surface area (Å²) in [5.74, 6) is -0.721. The van der Waals surface area contributed by atoms with Crippen LogP contribution in [0.15, 0.2) is 77.3 Å². The predicted octanol–water partition coefficient (Wildman–Crippen LogP) is 6.50. The molecule has 11 heteroatoms. The number of hydrogen-bond donors (Lipinski definition) is 2. The number of ether oxygens (including phenoxy) is 1. The average Bonchev–Trinajstić information content (AvgIpc) is 3.49. The largest absolute Gasteiger partial charge is 0.432 e. The summed E-state index contributed by atoms with van der Waals surface area (Å²) >= 11 is 3.62. The van der Waals surface area contributed by atoms with Gasteiger partial charge in [-0.1, -0.05) is 78.2 Å². The highest BCUT2D eigenvalue weighted by Crippen LogP contribution is 2.60. The fraction of sp³-hybridized carbons (Fsp3) is 0.462. The fourth-order valence-corrected chi connectivity index (χ4v) is 11.3. The Bertz CT molecular complexity index is 1720. The molecule has 0 radical (unpaired) electrons. The second-order valence-corrected chi connectivity index (χ2v) is 19.4. The van der Waals surface area contributed by atoms with E-state index in [0.717, 1.165) is 52.7 Å². The number of rotatable bonds is 10. The van der Waals surface area contributed by atoms with E-state index in [0.29, 0.717) is 25.1 Å². The van der Waals surface area contributed by atoms with Gasteiger partial charge in [0.05, 0.1) is 31.4 Å². The van der Waals surface area contributed by atoms with Crippen molar-refractivity contribution in [2.75, 3.05) is 29.5 Å². The fourth-order valence-electron chi connectivity index (χ4n) is 8.36. The molecule has 0 unspecified atom stereocenters. The Kier molecular flexibility index (Phi) is 11.0. The van der Waals surface area contributed by atoms with E-state index in [1.165, 1.54) is 0 Å². The third kappa shape index (κ3) is 7.21. The predicted molar refractivity (Wildman–Crippen MR) is 200 cm³/mol. The monoisotopic (exact) mass is 761 g/mol. The first-order valence-electron chi connectivity index (χ1n) is 17.8. The zero-order chi connectivity index (χ0) is 35.6. The molecule has 4 atom stereocenters. The molecule has 3 aromatic carbocycles. The smallest absolute Gasteiger partial charge is 0.264 e. The molecule has 0 saturated carbocycles. The SMILES string of the molecule is C[C@H]1[C@H]([Si](C)(C)O)[C@@H](CC(=O)N(CCO)Cc2ccccc2)O[C@]12C(=O)N(Cc1cccc(N3CCCCCCC3=O)c1)c1ccc(Br)cc12. The van der Waals surface area contributed by atoms with Crippen LogP contribution < -0.4 is 9.80 Å². The van der Waals surface area contributed by atoms with Crippen molar-refractivity contribution in [2.24, 2.45) is 5.92 Å². The van der Waals surface area contributed by atoms with Gasteiger partial charge < -0.3 is 29.3 Å². The molecule has 9 nitrogen and oxygen atoms in total. The second-order valence-electron chi connectivity index (χ2n) is 14.5. The van der Waals surface area contributed by atoms with Gasteiger partial charge in [-0.2, -0.15) is 0 Å². The van der Waals surface area contributed by atoms with Crippen molar-refractivity contribution in [2.45, 2.75) is 88.9 Å². The lowest BCUT2D eigenvalue weighted by atomic mass is 9.82. The van der Waals surface area contributed by atoms with Crippen LogP contribution in [0.2, 0.25) is 18.6 Å². The van der Waals surface area contributed by atoms with Crippen molar-refractivity contribution in [1.29, 1.82) is 0 Å². The minimum Gasteiger partial charge on any atom is -0.432 e. The molecule has 3 aliphatic heterocycles. The first kappa shape index (κ1) is 36.4. The Morgan fingerprint density at radius 3 is 2.48 bits per heavy atom. The van der Waals surface area contributed by atoms with Crippen molar-refractivity contribution in [3.8, 4) is 0 Å². The van der Waals surface area contributed by atoms with Crippen LogP contribution in [0.4, 0.5) is 11.4 Å². The lowest BCUT2D eigenvalue weighted by Gasteiger charge is -2.32. The van der Waals surface area contributed by atoms with Crippen molar-refractivity contribution in [3.05, 3.63) is 94.0 Å². The third-order valence-corrected chi connectivity index (χ3v) is 13.6. The van der Waals surface area contributed by atoms with E-state index in [1.807, 2.05) is 97.7 Å². The van der Waals surface area contributed by atoms with Gasteiger partial charge in [0.25, 0.3) is 5.91 Å². The van der Waals surface area contributed by atoms with Crippen molar-refractivity contribution in [1.82, 2.24) is 4.90 Å². The van der Waals surface area contributed by atoms with E-state index in [9.17, 15) is 24.3 Å². The molecular formula is C39H48BrN3O6Si. The topological polar surface area (TPSA) is 111 Å². The van der Waals surface area contributed by atoms with Gasteiger partial charge in [-0.15, -0.1) is 0 Å². The molecule has 266 valence electrons. The molecule has 1 spiro atoms. The number of carbonyl (C=O) groups is 3. The lowest BCUT2D eigenvalue weighted by Crippen LogP contribution is -2.46. The minimum atomic E-state index is -3.00. The standard InChI is InChI=1S/C39H48BrN3O6Si/c1-27-37(50(2,3)48)34(24-36(46)41(20-21-44)25-28-12-7-6-8-13-28)49-39(27)32-23-30(40)17-18-33(32)43(38(39)47)26-29-14-11-15-31(22-29)42-19-10-5-4-9-16-35(42)45/h6-8,11-15,17-18,22-23,27,34,37,44,48H,4-5,9-10,16,19-21,24-26H2,1-3H3/t27-,34+,37-,39+/m0/s1. The van der Waals surface area contributed by atoms with Gasteiger partial charge in [0.2, 0.25) is 11.8 Å². The molecule has 0 aliphatic carbocycles. The molecule has 3 amide bonds. The Balaban J connectivity index is 1.32. The molecule has 3 aromatic rings. The van der Waals surface area contributed by atoms with Gasteiger partial charge in [0.15, 0.2) is 13.9 Å². The van der Waals surface area contributed by atoms with Gasteiger partial charge in [0, 0.05) is 53.2 Å². The number of hydrogen-bond acceptors (Lipinski definition) is 6. The second kappa shape index (κ2) is 15.1. The van der Waals surface area contributed by atoms with Crippen LogP contribution in [0.1, 0.15) is 62.1 Å². The van der Waals surface area contributed by atoms with Crippen molar-refractivity contribution in [3.63, 3.8) is 0 Å². The first-order chi connectivity index (χ1) is 23.9. The number of anilines is 2. The molecule has 50 heavy (non-hydrogen) atoms. The number of aliphatic hydroxyl groups excluding tert-OH is 1. The Morgan fingerprint density at radius 2 is 1.74 bits per heavy atom. The summed E-state index contributed by atoms with van der Waals surface area (Å²) in [5.41, 5.74) is 2.30. The van der Waals surface area contributed by atoms with E-state index in [4.69, 9.17) is 4.74 Å². The molecule has 0 bridgehead atoms. The summed E-state index contributed by atoms with van der Waals surface area (Å²) in [6.07, 6.45) is 3.84. The van der Waals surface area contributed by atoms with Crippen LogP contribution in [0.3, 0.4) is 0 Å². The maximum atomic E-state index is 14.9. The number of fused-ring (bicyclic) bond motifs is 2. The van der Waals surface area contributed by atoms with Gasteiger partial charge in [-0.25, -0.2) is 0 Å². The zero-order valence-corrected chi connectivity index (χ0v) is 31.8. The molecular weight excluding hydrogens is 714 g/mol. The van der Waals surface area contributed by atoms with E-state index >= 15 is 0 Å². The maximum absolute atomic E-state index is 14.9.